The Labute approximate surface area is 106 Å². The van der Waals surface area contributed by atoms with E-state index in [1.165, 1.54) is 12.1 Å². The van der Waals surface area contributed by atoms with Crippen molar-refractivity contribution >= 4 is 6.09 Å². The zero-order chi connectivity index (χ0) is 13.9. The van der Waals surface area contributed by atoms with Gasteiger partial charge in [-0.15, -0.1) is 0 Å². The Morgan fingerprint density at radius 1 is 1.44 bits per heavy atom. The molecule has 1 amide bonds. The van der Waals surface area contributed by atoms with Gasteiger partial charge in [0, 0.05) is 0 Å². The summed E-state index contributed by atoms with van der Waals surface area (Å²) < 4.78 is 18.2. The lowest BCUT2D eigenvalue weighted by atomic mass is 10.1. The van der Waals surface area contributed by atoms with Gasteiger partial charge in [0.05, 0.1) is 6.04 Å². The van der Waals surface area contributed by atoms with Crippen LogP contribution in [0.25, 0.3) is 0 Å². The number of hydrogen-bond acceptors (Lipinski definition) is 3. The zero-order valence-corrected chi connectivity index (χ0v) is 11.0. The number of amides is 1. The Morgan fingerprint density at radius 2 is 2.06 bits per heavy atom. The molecule has 0 aliphatic heterocycles. The average molecular weight is 255 g/mol. The highest BCUT2D eigenvalue weighted by Gasteiger charge is 2.18. The topological polar surface area (TPSA) is 58.6 Å². The van der Waals surface area contributed by atoms with Gasteiger partial charge in [0.25, 0.3) is 0 Å². The number of nitrogens with one attached hydrogen (secondary N) is 1. The highest BCUT2D eigenvalue weighted by molar-refractivity contribution is 5.68. The summed E-state index contributed by atoms with van der Waals surface area (Å²) in [6, 6.07) is 3.56. The second-order valence-electron chi connectivity index (χ2n) is 5.08. The van der Waals surface area contributed by atoms with Crippen LogP contribution in [0.3, 0.4) is 0 Å². The lowest BCUT2D eigenvalue weighted by molar-refractivity contribution is 0.0508. The fraction of sp³-hybridized carbons (Fsp3) is 0.462. The van der Waals surface area contributed by atoms with Gasteiger partial charge in [-0.25, -0.2) is 9.18 Å². The third-order valence-corrected chi connectivity index (χ3v) is 2.20. The number of halogens is 1. The van der Waals surface area contributed by atoms with Crippen molar-refractivity contribution in [2.24, 2.45) is 0 Å². The third-order valence-electron chi connectivity index (χ3n) is 2.20. The lowest BCUT2D eigenvalue weighted by Crippen LogP contribution is -2.34. The number of phenolic OH excluding ortho intramolecular Hbond substituents is 1. The zero-order valence-electron chi connectivity index (χ0n) is 11.0. The molecule has 1 aromatic rings. The summed E-state index contributed by atoms with van der Waals surface area (Å²) >= 11 is 0. The van der Waals surface area contributed by atoms with E-state index >= 15 is 0 Å². The molecular weight excluding hydrogens is 237 g/mol. The van der Waals surface area contributed by atoms with Crippen LogP contribution in [0, 0.1) is 5.82 Å². The normalized spacial score (nSPS) is 12.9. The number of phenols is 1. The Balaban J connectivity index is 2.68. The smallest absolute Gasteiger partial charge is 0.408 e. The first-order valence-electron chi connectivity index (χ1n) is 5.67. The fourth-order valence-corrected chi connectivity index (χ4v) is 1.36. The Morgan fingerprint density at radius 3 is 2.56 bits per heavy atom. The number of carbonyl (C=O) groups excluding carboxylic acids is 1. The van der Waals surface area contributed by atoms with Gasteiger partial charge in [-0.2, -0.15) is 0 Å². The van der Waals surface area contributed by atoms with Gasteiger partial charge in [0.1, 0.15) is 5.60 Å². The molecule has 4 nitrogen and oxygen atoms in total. The molecule has 0 spiro atoms. The molecule has 1 rings (SSSR count). The minimum Gasteiger partial charge on any atom is -0.505 e. The van der Waals surface area contributed by atoms with E-state index in [4.69, 9.17) is 9.84 Å². The van der Waals surface area contributed by atoms with Crippen molar-refractivity contribution in [1.82, 2.24) is 5.32 Å². The summed E-state index contributed by atoms with van der Waals surface area (Å²) in [7, 11) is 0. The van der Waals surface area contributed by atoms with Gasteiger partial charge >= 0.3 is 6.09 Å². The quantitative estimate of drug-likeness (QED) is 0.853. The fourth-order valence-electron chi connectivity index (χ4n) is 1.36. The van der Waals surface area contributed by atoms with Crippen molar-refractivity contribution in [3.05, 3.63) is 29.6 Å². The number of ether oxygens (including phenoxy) is 1. The van der Waals surface area contributed by atoms with Crippen molar-refractivity contribution in [3.8, 4) is 5.75 Å². The van der Waals surface area contributed by atoms with Crippen molar-refractivity contribution in [1.29, 1.82) is 0 Å². The molecule has 1 aromatic carbocycles. The Hall–Kier alpha value is -1.78. The molecule has 1 unspecified atom stereocenters. The van der Waals surface area contributed by atoms with Crippen LogP contribution in [0.15, 0.2) is 18.2 Å². The molecule has 0 fully saturated rings. The van der Waals surface area contributed by atoms with Crippen LogP contribution in [-0.2, 0) is 4.74 Å². The molecule has 0 heterocycles. The van der Waals surface area contributed by atoms with E-state index in [0.717, 1.165) is 0 Å². The number of alkyl carbamates (subject to hydrolysis) is 1. The highest BCUT2D eigenvalue weighted by atomic mass is 19.1. The second-order valence-corrected chi connectivity index (χ2v) is 5.08. The summed E-state index contributed by atoms with van der Waals surface area (Å²) in [4.78, 5) is 11.5. The summed E-state index contributed by atoms with van der Waals surface area (Å²) in [5, 5.41) is 11.7. The standard InChI is InChI=1S/C13H18FNO3/c1-8(15-12(17)18-13(2,3)4)9-5-6-11(16)10(14)7-9/h5-8,16H,1-4H3,(H,15,17). The van der Waals surface area contributed by atoms with E-state index in [1.807, 2.05) is 0 Å². The minimum atomic E-state index is -0.717. The van der Waals surface area contributed by atoms with Gasteiger partial charge in [-0.05, 0) is 45.4 Å². The largest absolute Gasteiger partial charge is 0.505 e. The van der Waals surface area contributed by atoms with Crippen LogP contribution in [0.4, 0.5) is 9.18 Å². The van der Waals surface area contributed by atoms with Crippen molar-refractivity contribution in [2.75, 3.05) is 0 Å². The van der Waals surface area contributed by atoms with Gasteiger partial charge in [0.15, 0.2) is 11.6 Å². The van der Waals surface area contributed by atoms with Crippen molar-refractivity contribution in [2.45, 2.75) is 39.3 Å². The molecule has 100 valence electrons. The molecule has 0 saturated heterocycles. The molecule has 2 N–H and O–H groups in total. The number of carbonyl (C=O) groups is 1. The first-order chi connectivity index (χ1) is 8.19. The Kier molecular flexibility index (Phi) is 4.16. The lowest BCUT2D eigenvalue weighted by Gasteiger charge is -2.22. The summed E-state index contributed by atoms with van der Waals surface area (Å²) in [5.74, 6) is -1.13. The van der Waals surface area contributed by atoms with Crippen molar-refractivity contribution in [3.63, 3.8) is 0 Å². The van der Waals surface area contributed by atoms with Crippen LogP contribution in [0.5, 0.6) is 5.75 Å². The van der Waals surface area contributed by atoms with E-state index < -0.39 is 29.3 Å². The molecule has 5 heteroatoms. The number of hydrogen-bond donors (Lipinski definition) is 2. The van der Waals surface area contributed by atoms with E-state index in [-0.39, 0.29) is 0 Å². The van der Waals surface area contributed by atoms with E-state index in [1.54, 1.807) is 33.8 Å². The number of benzene rings is 1. The average Bonchev–Trinajstić information content (AvgIpc) is 2.18. The number of rotatable bonds is 2. The van der Waals surface area contributed by atoms with E-state index in [2.05, 4.69) is 5.32 Å². The summed E-state index contributed by atoms with van der Waals surface area (Å²) in [6.07, 6.45) is -0.566. The van der Waals surface area contributed by atoms with Crippen molar-refractivity contribution < 1.29 is 19.0 Å². The first kappa shape index (κ1) is 14.3. The maximum Gasteiger partial charge on any atom is 0.408 e. The van der Waals surface area contributed by atoms with E-state index in [0.29, 0.717) is 5.56 Å². The van der Waals surface area contributed by atoms with Crippen LogP contribution in [-0.4, -0.2) is 16.8 Å². The maximum atomic E-state index is 13.2. The van der Waals surface area contributed by atoms with Crippen LogP contribution in [0.1, 0.15) is 39.3 Å². The van der Waals surface area contributed by atoms with Gasteiger partial charge in [-0.3, -0.25) is 0 Å². The SMILES string of the molecule is CC(NC(=O)OC(C)(C)C)c1ccc(O)c(F)c1. The third kappa shape index (κ3) is 4.24. The predicted octanol–water partition coefficient (Wildman–Crippen LogP) is 3.12. The minimum absolute atomic E-state index is 0.407. The molecule has 18 heavy (non-hydrogen) atoms. The predicted molar refractivity (Wildman–Crippen MR) is 65.8 cm³/mol. The molecule has 0 bridgehead atoms. The van der Waals surface area contributed by atoms with Crippen LogP contribution < -0.4 is 5.32 Å². The van der Waals surface area contributed by atoms with Crippen LogP contribution >= 0.6 is 0 Å². The first-order valence-corrected chi connectivity index (χ1v) is 5.67. The molecule has 0 aliphatic carbocycles. The van der Waals surface area contributed by atoms with Gasteiger partial charge in [0.2, 0.25) is 0 Å². The molecule has 0 aliphatic rings. The molecule has 0 saturated carbocycles. The Bertz CT molecular complexity index is 440. The monoisotopic (exact) mass is 255 g/mol. The molecular formula is C13H18FNO3. The van der Waals surface area contributed by atoms with Gasteiger partial charge < -0.3 is 15.2 Å². The van der Waals surface area contributed by atoms with E-state index in [9.17, 15) is 9.18 Å². The number of aromatic hydroxyl groups is 1. The molecule has 0 radical (unpaired) electrons. The molecule has 0 aromatic heterocycles. The van der Waals surface area contributed by atoms with Gasteiger partial charge in [-0.1, -0.05) is 6.07 Å². The maximum absolute atomic E-state index is 13.2. The summed E-state index contributed by atoms with van der Waals surface area (Å²) in [6.45, 7) is 6.99. The highest BCUT2D eigenvalue weighted by Crippen LogP contribution is 2.21. The van der Waals surface area contributed by atoms with Crippen LogP contribution in [0.2, 0.25) is 0 Å². The molecule has 1 atom stereocenters. The second kappa shape index (κ2) is 5.25. The summed E-state index contributed by atoms with van der Waals surface area (Å²) in [5.41, 5.74) is -0.0274.